The van der Waals surface area contributed by atoms with Crippen molar-refractivity contribution in [2.24, 2.45) is 0 Å². The minimum Gasteiger partial charge on any atom is -0.399 e. The van der Waals surface area contributed by atoms with Crippen LogP contribution in [0.5, 0.6) is 0 Å². The standard InChI is InChI=1S/C19H17N3/c20-17-7-3-15(4-8-17)1-2-16-5-9-18(10-6-16)22-19-11-13-21-14-12-19/h1-14H,20H2,(H,21,22)/b2-1+. The maximum absolute atomic E-state index is 5.68. The molecule has 0 aliphatic rings. The van der Waals surface area contributed by atoms with Crippen molar-refractivity contribution in [1.29, 1.82) is 0 Å². The predicted octanol–water partition coefficient (Wildman–Crippen LogP) is 4.58. The number of benzene rings is 2. The van der Waals surface area contributed by atoms with Gasteiger partial charge in [-0.05, 0) is 47.5 Å². The highest BCUT2D eigenvalue weighted by Gasteiger charge is 1.94. The molecule has 3 heteroatoms. The summed E-state index contributed by atoms with van der Waals surface area (Å²) in [7, 11) is 0. The second-order valence-electron chi connectivity index (χ2n) is 4.98. The summed E-state index contributed by atoms with van der Waals surface area (Å²) in [6, 6.07) is 20.0. The maximum Gasteiger partial charge on any atom is 0.0415 e. The molecule has 1 heterocycles. The van der Waals surface area contributed by atoms with E-state index < -0.39 is 0 Å². The van der Waals surface area contributed by atoms with Crippen LogP contribution in [-0.4, -0.2) is 4.98 Å². The molecule has 0 aliphatic heterocycles. The van der Waals surface area contributed by atoms with Gasteiger partial charge in [0.15, 0.2) is 0 Å². The van der Waals surface area contributed by atoms with Crippen LogP contribution in [0.2, 0.25) is 0 Å². The number of nitrogen functional groups attached to an aromatic ring is 1. The SMILES string of the molecule is Nc1ccc(/C=C/c2ccc(Nc3ccncc3)cc2)cc1. The molecule has 22 heavy (non-hydrogen) atoms. The highest BCUT2D eigenvalue weighted by atomic mass is 14.9. The number of rotatable bonds is 4. The third kappa shape index (κ3) is 3.73. The van der Waals surface area contributed by atoms with E-state index in [-0.39, 0.29) is 0 Å². The van der Waals surface area contributed by atoms with Crippen molar-refractivity contribution >= 4 is 29.2 Å². The number of pyridine rings is 1. The van der Waals surface area contributed by atoms with Crippen molar-refractivity contribution < 1.29 is 0 Å². The molecule has 0 bridgehead atoms. The van der Waals surface area contributed by atoms with Gasteiger partial charge in [-0.1, -0.05) is 36.4 Å². The van der Waals surface area contributed by atoms with Crippen LogP contribution in [0.1, 0.15) is 11.1 Å². The van der Waals surface area contributed by atoms with Crippen molar-refractivity contribution in [3.63, 3.8) is 0 Å². The highest BCUT2D eigenvalue weighted by Crippen LogP contribution is 2.17. The Kier molecular flexibility index (Phi) is 4.16. The van der Waals surface area contributed by atoms with Crippen LogP contribution in [0.4, 0.5) is 17.1 Å². The van der Waals surface area contributed by atoms with Crippen LogP contribution >= 0.6 is 0 Å². The fraction of sp³-hybridized carbons (Fsp3) is 0. The molecule has 0 unspecified atom stereocenters. The first-order valence-corrected chi connectivity index (χ1v) is 7.10. The zero-order valence-corrected chi connectivity index (χ0v) is 12.1. The Labute approximate surface area is 130 Å². The number of anilines is 3. The summed E-state index contributed by atoms with van der Waals surface area (Å²) in [5, 5.41) is 3.33. The number of hydrogen-bond acceptors (Lipinski definition) is 3. The summed E-state index contributed by atoms with van der Waals surface area (Å²) in [4.78, 5) is 4.00. The van der Waals surface area contributed by atoms with Gasteiger partial charge in [0, 0.05) is 29.5 Å². The normalized spacial score (nSPS) is 10.7. The molecule has 0 spiro atoms. The number of nitrogens with two attached hydrogens (primary N) is 1. The smallest absolute Gasteiger partial charge is 0.0415 e. The van der Waals surface area contributed by atoms with E-state index in [0.717, 1.165) is 28.2 Å². The quantitative estimate of drug-likeness (QED) is 0.545. The lowest BCUT2D eigenvalue weighted by Gasteiger charge is -2.05. The number of hydrogen-bond donors (Lipinski definition) is 2. The third-order valence-electron chi connectivity index (χ3n) is 3.28. The first-order valence-electron chi connectivity index (χ1n) is 7.10. The highest BCUT2D eigenvalue weighted by molar-refractivity contribution is 5.71. The Morgan fingerprint density at radius 3 is 1.77 bits per heavy atom. The Balaban J connectivity index is 1.67. The van der Waals surface area contributed by atoms with Crippen LogP contribution in [0.15, 0.2) is 73.1 Å². The van der Waals surface area contributed by atoms with E-state index in [1.807, 2.05) is 36.4 Å². The topological polar surface area (TPSA) is 50.9 Å². The van der Waals surface area contributed by atoms with Gasteiger partial charge in [-0.15, -0.1) is 0 Å². The van der Waals surface area contributed by atoms with E-state index in [4.69, 9.17) is 5.73 Å². The summed E-state index contributed by atoms with van der Waals surface area (Å²) < 4.78 is 0. The molecule has 0 saturated carbocycles. The zero-order valence-electron chi connectivity index (χ0n) is 12.1. The van der Waals surface area contributed by atoms with Gasteiger partial charge < -0.3 is 11.1 Å². The Hall–Kier alpha value is -3.07. The summed E-state index contributed by atoms with van der Waals surface area (Å²) >= 11 is 0. The molecule has 0 fully saturated rings. The number of nitrogens with one attached hydrogen (secondary N) is 1. The lowest BCUT2D eigenvalue weighted by Crippen LogP contribution is -1.89. The molecule has 0 amide bonds. The van der Waals surface area contributed by atoms with E-state index in [9.17, 15) is 0 Å². The molecule has 0 aliphatic carbocycles. The summed E-state index contributed by atoms with van der Waals surface area (Å²) in [6.45, 7) is 0. The van der Waals surface area contributed by atoms with Gasteiger partial charge in [-0.25, -0.2) is 0 Å². The Morgan fingerprint density at radius 1 is 0.682 bits per heavy atom. The molecule has 0 atom stereocenters. The van der Waals surface area contributed by atoms with Gasteiger partial charge in [0.25, 0.3) is 0 Å². The first kappa shape index (κ1) is 13.9. The molecule has 0 radical (unpaired) electrons. The molecule has 2 aromatic carbocycles. The van der Waals surface area contributed by atoms with E-state index >= 15 is 0 Å². The molecular weight excluding hydrogens is 270 g/mol. The van der Waals surface area contributed by atoms with Crippen LogP contribution in [0, 0.1) is 0 Å². The van der Waals surface area contributed by atoms with E-state index in [0.29, 0.717) is 0 Å². The molecule has 3 rings (SSSR count). The van der Waals surface area contributed by atoms with Gasteiger partial charge in [-0.2, -0.15) is 0 Å². The van der Waals surface area contributed by atoms with E-state index in [1.165, 1.54) is 0 Å². The van der Waals surface area contributed by atoms with E-state index in [1.54, 1.807) is 12.4 Å². The van der Waals surface area contributed by atoms with Gasteiger partial charge in [0.1, 0.15) is 0 Å². The lowest BCUT2D eigenvalue weighted by molar-refractivity contribution is 1.32. The Morgan fingerprint density at radius 2 is 1.18 bits per heavy atom. The summed E-state index contributed by atoms with van der Waals surface area (Å²) in [5.74, 6) is 0. The maximum atomic E-state index is 5.68. The molecule has 3 aromatic rings. The average molecular weight is 287 g/mol. The monoisotopic (exact) mass is 287 g/mol. The molecule has 108 valence electrons. The summed E-state index contributed by atoms with van der Waals surface area (Å²) in [6.07, 6.45) is 7.70. The third-order valence-corrected chi connectivity index (χ3v) is 3.28. The predicted molar refractivity (Wildman–Crippen MR) is 93.7 cm³/mol. The molecule has 3 N–H and O–H groups in total. The fourth-order valence-corrected chi connectivity index (χ4v) is 2.08. The average Bonchev–Trinajstić information content (AvgIpc) is 2.57. The van der Waals surface area contributed by atoms with Crippen LogP contribution in [0.3, 0.4) is 0 Å². The van der Waals surface area contributed by atoms with Gasteiger partial charge in [0.05, 0.1) is 0 Å². The van der Waals surface area contributed by atoms with Crippen molar-refractivity contribution in [1.82, 2.24) is 4.98 Å². The van der Waals surface area contributed by atoms with E-state index in [2.05, 4.69) is 46.7 Å². The minimum atomic E-state index is 0.781. The molecular formula is C19H17N3. The Bertz CT molecular complexity index is 745. The largest absolute Gasteiger partial charge is 0.399 e. The van der Waals surface area contributed by atoms with Crippen LogP contribution in [0.25, 0.3) is 12.2 Å². The van der Waals surface area contributed by atoms with Crippen LogP contribution in [-0.2, 0) is 0 Å². The first-order chi connectivity index (χ1) is 10.8. The lowest BCUT2D eigenvalue weighted by atomic mass is 10.1. The van der Waals surface area contributed by atoms with Crippen molar-refractivity contribution in [2.45, 2.75) is 0 Å². The zero-order chi connectivity index (χ0) is 15.2. The summed E-state index contributed by atoms with van der Waals surface area (Å²) in [5.41, 5.74) is 10.8. The van der Waals surface area contributed by atoms with Crippen molar-refractivity contribution in [2.75, 3.05) is 11.1 Å². The molecule has 3 nitrogen and oxygen atoms in total. The number of aromatic nitrogens is 1. The van der Waals surface area contributed by atoms with Crippen molar-refractivity contribution in [3.05, 3.63) is 84.2 Å². The second kappa shape index (κ2) is 6.59. The molecule has 0 saturated heterocycles. The molecule has 1 aromatic heterocycles. The van der Waals surface area contributed by atoms with Crippen LogP contribution < -0.4 is 11.1 Å². The fourth-order valence-electron chi connectivity index (χ4n) is 2.08. The van der Waals surface area contributed by atoms with Gasteiger partial charge in [-0.3, -0.25) is 4.98 Å². The second-order valence-corrected chi connectivity index (χ2v) is 4.98. The number of nitrogens with zero attached hydrogens (tertiary/aromatic N) is 1. The minimum absolute atomic E-state index is 0.781. The van der Waals surface area contributed by atoms with Gasteiger partial charge >= 0.3 is 0 Å². The van der Waals surface area contributed by atoms with Crippen molar-refractivity contribution in [3.8, 4) is 0 Å². The van der Waals surface area contributed by atoms with Gasteiger partial charge in [0.2, 0.25) is 0 Å².